The van der Waals surface area contributed by atoms with Gasteiger partial charge in [-0.05, 0) is 25.1 Å². The maximum Gasteiger partial charge on any atom is 0.326 e. The van der Waals surface area contributed by atoms with Crippen molar-refractivity contribution in [2.45, 2.75) is 27.3 Å². The number of aromatic amines is 1. The summed E-state index contributed by atoms with van der Waals surface area (Å²) in [4.78, 5) is 27.0. The van der Waals surface area contributed by atoms with Gasteiger partial charge in [-0.2, -0.15) is 0 Å². The minimum atomic E-state index is -0.378. The van der Waals surface area contributed by atoms with E-state index >= 15 is 0 Å². The van der Waals surface area contributed by atoms with E-state index in [0.29, 0.717) is 37.4 Å². The highest BCUT2D eigenvalue weighted by Gasteiger charge is 2.18. The second-order valence-electron chi connectivity index (χ2n) is 6.52. The van der Waals surface area contributed by atoms with E-state index in [1.54, 1.807) is 22.8 Å². The number of ether oxygens (including phenoxy) is 1. The van der Waals surface area contributed by atoms with Crippen molar-refractivity contribution >= 4 is 16.9 Å². The van der Waals surface area contributed by atoms with Crippen LogP contribution < -0.4 is 11.0 Å². The molecule has 0 aliphatic heterocycles. The third-order valence-corrected chi connectivity index (χ3v) is 3.86. The molecular formula is C17H25N3O4. The number of hydrogen-bond donors (Lipinski definition) is 3. The molecule has 24 heavy (non-hydrogen) atoms. The Bertz CT molecular complexity index is 761. The number of imidazole rings is 1. The maximum absolute atomic E-state index is 12.2. The number of carbonyl (C=O) groups is 1. The molecule has 1 aromatic heterocycles. The van der Waals surface area contributed by atoms with E-state index < -0.39 is 0 Å². The Balaban J connectivity index is 2.17. The van der Waals surface area contributed by atoms with Gasteiger partial charge in [-0.1, -0.05) is 13.8 Å². The van der Waals surface area contributed by atoms with E-state index in [4.69, 9.17) is 4.74 Å². The van der Waals surface area contributed by atoms with Crippen LogP contribution in [0, 0.1) is 5.41 Å². The van der Waals surface area contributed by atoms with Crippen molar-refractivity contribution in [3.8, 4) is 0 Å². The fourth-order valence-corrected chi connectivity index (χ4v) is 2.30. The van der Waals surface area contributed by atoms with E-state index in [1.165, 1.54) is 0 Å². The van der Waals surface area contributed by atoms with Crippen LogP contribution >= 0.6 is 0 Å². The molecule has 7 nitrogen and oxygen atoms in total. The highest BCUT2D eigenvalue weighted by molar-refractivity contribution is 5.97. The Kier molecular flexibility index (Phi) is 5.80. The van der Waals surface area contributed by atoms with Crippen molar-refractivity contribution < 1.29 is 14.6 Å². The maximum atomic E-state index is 12.2. The quantitative estimate of drug-likeness (QED) is 0.630. The molecule has 7 heteroatoms. The molecule has 0 saturated carbocycles. The first-order chi connectivity index (χ1) is 11.4. The smallest absolute Gasteiger partial charge is 0.326 e. The first-order valence-electron chi connectivity index (χ1n) is 8.07. The fourth-order valence-electron chi connectivity index (χ4n) is 2.30. The predicted octanol–water partition coefficient (Wildman–Crippen LogP) is 1.11. The first-order valence-corrected chi connectivity index (χ1v) is 8.07. The van der Waals surface area contributed by atoms with Crippen LogP contribution in [0.1, 0.15) is 31.1 Å². The molecule has 0 fully saturated rings. The highest BCUT2D eigenvalue weighted by atomic mass is 16.5. The van der Waals surface area contributed by atoms with Crippen LogP contribution in [0.4, 0.5) is 0 Å². The van der Waals surface area contributed by atoms with Gasteiger partial charge in [0.05, 0.1) is 24.2 Å². The molecule has 0 aliphatic carbocycles. The van der Waals surface area contributed by atoms with Crippen molar-refractivity contribution in [3.63, 3.8) is 0 Å². The number of nitrogens with zero attached hydrogens (tertiary/aromatic N) is 1. The third-order valence-electron chi connectivity index (χ3n) is 3.86. The van der Waals surface area contributed by atoms with Crippen molar-refractivity contribution in [1.82, 2.24) is 14.9 Å². The van der Waals surface area contributed by atoms with Gasteiger partial charge in [0.25, 0.3) is 5.91 Å². The normalized spacial score (nSPS) is 11.8. The predicted molar refractivity (Wildman–Crippen MR) is 92.3 cm³/mol. The van der Waals surface area contributed by atoms with Crippen molar-refractivity contribution in [2.24, 2.45) is 5.41 Å². The van der Waals surface area contributed by atoms with Crippen LogP contribution in [-0.4, -0.2) is 46.9 Å². The average Bonchev–Trinajstić information content (AvgIpc) is 2.88. The average molecular weight is 335 g/mol. The van der Waals surface area contributed by atoms with Crippen LogP contribution in [0.3, 0.4) is 0 Å². The third kappa shape index (κ3) is 4.24. The molecule has 0 aliphatic rings. The Morgan fingerprint density at radius 2 is 2.17 bits per heavy atom. The van der Waals surface area contributed by atoms with Crippen LogP contribution in [0.5, 0.6) is 0 Å². The number of nitrogens with one attached hydrogen (secondary N) is 2. The van der Waals surface area contributed by atoms with Gasteiger partial charge in [0, 0.05) is 30.7 Å². The van der Waals surface area contributed by atoms with Gasteiger partial charge in [0.2, 0.25) is 0 Å². The SMILES string of the molecule is CCOCCn1c(=O)[nH]c2cc(C(=O)NCC(C)(C)CO)ccc21. The molecule has 0 spiro atoms. The number of aliphatic hydroxyl groups is 1. The van der Waals surface area contributed by atoms with Crippen LogP contribution in [0.25, 0.3) is 11.0 Å². The summed E-state index contributed by atoms with van der Waals surface area (Å²) in [7, 11) is 0. The van der Waals surface area contributed by atoms with Crippen LogP contribution in [0.15, 0.2) is 23.0 Å². The monoisotopic (exact) mass is 335 g/mol. The zero-order chi connectivity index (χ0) is 17.7. The summed E-state index contributed by atoms with van der Waals surface area (Å²) in [6, 6.07) is 5.11. The minimum Gasteiger partial charge on any atom is -0.396 e. The van der Waals surface area contributed by atoms with Crippen molar-refractivity contribution in [2.75, 3.05) is 26.4 Å². The lowest BCUT2D eigenvalue weighted by Crippen LogP contribution is -2.36. The zero-order valence-corrected chi connectivity index (χ0v) is 14.4. The molecule has 0 unspecified atom stereocenters. The van der Waals surface area contributed by atoms with Gasteiger partial charge in [0.15, 0.2) is 0 Å². The molecule has 1 amide bonds. The Morgan fingerprint density at radius 3 is 2.83 bits per heavy atom. The standard InChI is InChI=1S/C17H25N3O4/c1-4-24-8-7-20-14-6-5-12(9-13(14)19-16(20)23)15(22)18-10-17(2,3)11-21/h5-6,9,21H,4,7-8,10-11H2,1-3H3,(H,18,22)(H,19,23). The topological polar surface area (TPSA) is 96.4 Å². The van der Waals surface area contributed by atoms with E-state index in [2.05, 4.69) is 10.3 Å². The molecule has 2 rings (SSSR count). The van der Waals surface area contributed by atoms with Crippen molar-refractivity contribution in [3.05, 3.63) is 34.2 Å². The summed E-state index contributed by atoms with van der Waals surface area (Å²) < 4.78 is 6.89. The second-order valence-corrected chi connectivity index (χ2v) is 6.52. The number of aliphatic hydroxyl groups excluding tert-OH is 1. The van der Waals surface area contributed by atoms with E-state index in [1.807, 2.05) is 20.8 Å². The Labute approximate surface area is 140 Å². The number of rotatable bonds is 8. The fraction of sp³-hybridized carbons (Fsp3) is 0.529. The van der Waals surface area contributed by atoms with Gasteiger partial charge < -0.3 is 20.1 Å². The van der Waals surface area contributed by atoms with Crippen LogP contribution in [-0.2, 0) is 11.3 Å². The number of carbonyl (C=O) groups excluding carboxylic acids is 1. The molecule has 3 N–H and O–H groups in total. The summed E-state index contributed by atoms with van der Waals surface area (Å²) in [6.45, 7) is 7.52. The number of fused-ring (bicyclic) bond motifs is 1. The molecule has 132 valence electrons. The van der Waals surface area contributed by atoms with E-state index in [-0.39, 0.29) is 23.6 Å². The summed E-state index contributed by atoms with van der Waals surface area (Å²) in [6.07, 6.45) is 0. The van der Waals surface area contributed by atoms with Gasteiger partial charge >= 0.3 is 5.69 Å². The van der Waals surface area contributed by atoms with Gasteiger partial charge in [-0.3, -0.25) is 9.36 Å². The first kappa shape index (κ1) is 18.2. The summed E-state index contributed by atoms with van der Waals surface area (Å²) in [5.41, 5.74) is 1.23. The highest BCUT2D eigenvalue weighted by Crippen LogP contribution is 2.15. The molecule has 0 atom stereocenters. The van der Waals surface area contributed by atoms with E-state index in [9.17, 15) is 14.7 Å². The number of H-pyrrole nitrogens is 1. The second kappa shape index (κ2) is 7.63. The molecule has 0 radical (unpaired) electrons. The molecule has 1 aromatic carbocycles. The van der Waals surface area contributed by atoms with Crippen LogP contribution in [0.2, 0.25) is 0 Å². The van der Waals surface area contributed by atoms with Gasteiger partial charge in [0.1, 0.15) is 0 Å². The lowest BCUT2D eigenvalue weighted by molar-refractivity contribution is 0.0911. The Hall–Kier alpha value is -2.12. The Morgan fingerprint density at radius 1 is 1.42 bits per heavy atom. The number of aromatic nitrogens is 2. The minimum absolute atomic E-state index is 0.0116. The summed E-state index contributed by atoms with van der Waals surface area (Å²) in [5, 5.41) is 12.0. The molecule has 2 aromatic rings. The molecule has 1 heterocycles. The largest absolute Gasteiger partial charge is 0.396 e. The molecular weight excluding hydrogens is 310 g/mol. The van der Waals surface area contributed by atoms with Crippen molar-refractivity contribution in [1.29, 1.82) is 0 Å². The summed E-state index contributed by atoms with van der Waals surface area (Å²) >= 11 is 0. The summed E-state index contributed by atoms with van der Waals surface area (Å²) in [5.74, 6) is -0.235. The van der Waals surface area contributed by atoms with Gasteiger partial charge in [-0.15, -0.1) is 0 Å². The number of benzene rings is 1. The number of hydrogen-bond acceptors (Lipinski definition) is 4. The van der Waals surface area contributed by atoms with E-state index in [0.717, 1.165) is 5.52 Å². The zero-order valence-electron chi connectivity index (χ0n) is 14.4. The lowest BCUT2D eigenvalue weighted by atomic mass is 9.95. The van der Waals surface area contributed by atoms with Gasteiger partial charge in [-0.25, -0.2) is 4.79 Å². The lowest BCUT2D eigenvalue weighted by Gasteiger charge is -2.21. The molecule has 0 saturated heterocycles. The number of amides is 1. The molecule has 0 bridgehead atoms.